The van der Waals surface area contributed by atoms with Crippen LogP contribution >= 0.6 is 11.6 Å². The second-order valence-electron chi connectivity index (χ2n) is 5.13. The molecule has 0 saturated heterocycles. The first kappa shape index (κ1) is 19.3. The normalized spacial score (nSPS) is 11.6. The molecule has 1 aromatic carbocycles. The van der Waals surface area contributed by atoms with Gasteiger partial charge in [0.15, 0.2) is 0 Å². The maximum absolute atomic E-state index is 12.9. The molecule has 0 aliphatic carbocycles. The van der Waals surface area contributed by atoms with E-state index in [-0.39, 0.29) is 11.3 Å². The second-order valence-corrected chi connectivity index (χ2v) is 5.54. The highest BCUT2D eigenvalue weighted by molar-refractivity contribution is 6.31. The standard InChI is InChI=1S/C17H12ClF3N4O/c1-10-3-2-6-23-15(10)24-9-11(8-22)16(26)25-12-4-5-14(18)13(7-12)17(19,20)21/h2-7,9H,1H3,(H,23,24)(H,25,26)/b11-9-. The van der Waals surface area contributed by atoms with Gasteiger partial charge in [-0.15, -0.1) is 0 Å². The summed E-state index contributed by atoms with van der Waals surface area (Å²) in [6.45, 7) is 1.78. The van der Waals surface area contributed by atoms with E-state index in [1.54, 1.807) is 25.1 Å². The molecule has 0 aliphatic rings. The van der Waals surface area contributed by atoms with E-state index in [2.05, 4.69) is 15.6 Å². The SMILES string of the molecule is Cc1cccnc1N/C=C(/C#N)C(=O)Nc1ccc(Cl)c(C(F)(F)F)c1. The van der Waals surface area contributed by atoms with E-state index in [0.717, 1.165) is 17.8 Å². The largest absolute Gasteiger partial charge is 0.417 e. The third-order valence-corrected chi connectivity index (χ3v) is 3.59. The van der Waals surface area contributed by atoms with Crippen molar-refractivity contribution in [3.05, 3.63) is 64.5 Å². The van der Waals surface area contributed by atoms with Crippen LogP contribution in [0.2, 0.25) is 5.02 Å². The van der Waals surface area contributed by atoms with Gasteiger partial charge in [-0.05, 0) is 36.8 Å². The number of nitrogens with one attached hydrogen (secondary N) is 2. The molecule has 0 radical (unpaired) electrons. The molecule has 26 heavy (non-hydrogen) atoms. The number of aryl methyl sites for hydroxylation is 1. The van der Waals surface area contributed by atoms with Crippen LogP contribution in [0.1, 0.15) is 11.1 Å². The van der Waals surface area contributed by atoms with Crippen LogP contribution in [-0.2, 0) is 11.0 Å². The van der Waals surface area contributed by atoms with Gasteiger partial charge in [-0.25, -0.2) is 4.98 Å². The van der Waals surface area contributed by atoms with Gasteiger partial charge >= 0.3 is 6.18 Å². The van der Waals surface area contributed by atoms with Gasteiger partial charge in [0, 0.05) is 18.1 Å². The van der Waals surface area contributed by atoms with Crippen molar-refractivity contribution in [3.63, 3.8) is 0 Å². The second kappa shape index (κ2) is 7.89. The zero-order valence-corrected chi connectivity index (χ0v) is 14.1. The van der Waals surface area contributed by atoms with Gasteiger partial charge in [0.05, 0.1) is 10.6 Å². The third kappa shape index (κ3) is 4.74. The van der Waals surface area contributed by atoms with Crippen LogP contribution in [0.3, 0.4) is 0 Å². The van der Waals surface area contributed by atoms with E-state index in [1.807, 2.05) is 0 Å². The van der Waals surface area contributed by atoms with Gasteiger partial charge in [-0.2, -0.15) is 18.4 Å². The summed E-state index contributed by atoms with van der Waals surface area (Å²) in [6, 6.07) is 8.11. The highest BCUT2D eigenvalue weighted by Crippen LogP contribution is 2.36. The summed E-state index contributed by atoms with van der Waals surface area (Å²) < 4.78 is 38.6. The Morgan fingerprint density at radius 3 is 2.69 bits per heavy atom. The maximum Gasteiger partial charge on any atom is 0.417 e. The number of aromatic nitrogens is 1. The molecule has 1 amide bonds. The predicted octanol–water partition coefficient (Wildman–Crippen LogP) is 4.52. The van der Waals surface area contributed by atoms with Crippen LogP contribution in [0.25, 0.3) is 0 Å². The van der Waals surface area contributed by atoms with Gasteiger partial charge in [-0.3, -0.25) is 4.79 Å². The quantitative estimate of drug-likeness (QED) is 0.604. The van der Waals surface area contributed by atoms with E-state index < -0.39 is 22.7 Å². The molecule has 0 saturated carbocycles. The van der Waals surface area contributed by atoms with Crippen LogP contribution in [0.5, 0.6) is 0 Å². The first-order chi connectivity index (χ1) is 12.2. The first-order valence-corrected chi connectivity index (χ1v) is 7.56. The molecule has 0 fully saturated rings. The molecule has 0 aliphatic heterocycles. The van der Waals surface area contributed by atoms with Crippen LogP contribution < -0.4 is 10.6 Å². The molecule has 2 rings (SSSR count). The summed E-state index contributed by atoms with van der Waals surface area (Å²) in [5.41, 5.74) is -0.767. The summed E-state index contributed by atoms with van der Waals surface area (Å²) in [6.07, 6.45) is -2.00. The number of halogens is 4. The van der Waals surface area contributed by atoms with Gasteiger partial charge in [0.2, 0.25) is 0 Å². The molecule has 0 atom stereocenters. The highest BCUT2D eigenvalue weighted by Gasteiger charge is 2.33. The monoisotopic (exact) mass is 380 g/mol. The fourth-order valence-corrected chi connectivity index (χ4v) is 2.17. The van der Waals surface area contributed by atoms with Crippen molar-refractivity contribution < 1.29 is 18.0 Å². The smallest absolute Gasteiger partial charge is 0.345 e. The molecule has 0 bridgehead atoms. The van der Waals surface area contributed by atoms with Crippen molar-refractivity contribution in [2.75, 3.05) is 10.6 Å². The fourth-order valence-electron chi connectivity index (χ4n) is 1.94. The zero-order valence-electron chi connectivity index (χ0n) is 13.4. The zero-order chi connectivity index (χ0) is 19.3. The van der Waals surface area contributed by atoms with Crippen LogP contribution in [0.4, 0.5) is 24.7 Å². The molecule has 5 nitrogen and oxygen atoms in total. The average Bonchev–Trinajstić information content (AvgIpc) is 2.57. The number of amides is 1. The van der Waals surface area contributed by atoms with E-state index in [0.29, 0.717) is 11.9 Å². The number of hydrogen-bond acceptors (Lipinski definition) is 4. The van der Waals surface area contributed by atoms with Gasteiger partial charge < -0.3 is 10.6 Å². The Morgan fingerprint density at radius 2 is 2.08 bits per heavy atom. The molecule has 134 valence electrons. The van der Waals surface area contributed by atoms with Crippen molar-refractivity contribution >= 4 is 29.0 Å². The minimum absolute atomic E-state index is 0.137. The summed E-state index contributed by atoms with van der Waals surface area (Å²) in [7, 11) is 0. The number of carbonyl (C=O) groups excluding carboxylic acids is 1. The third-order valence-electron chi connectivity index (χ3n) is 3.26. The molecule has 9 heteroatoms. The Kier molecular flexibility index (Phi) is 5.85. The summed E-state index contributed by atoms with van der Waals surface area (Å²) >= 11 is 5.53. The van der Waals surface area contributed by atoms with E-state index >= 15 is 0 Å². The fraction of sp³-hybridized carbons (Fsp3) is 0.118. The lowest BCUT2D eigenvalue weighted by atomic mass is 10.2. The van der Waals surface area contributed by atoms with E-state index in [4.69, 9.17) is 16.9 Å². The average molecular weight is 381 g/mol. The Morgan fingerprint density at radius 1 is 1.35 bits per heavy atom. The number of benzene rings is 1. The predicted molar refractivity (Wildman–Crippen MR) is 91.4 cm³/mol. The first-order valence-electron chi connectivity index (χ1n) is 7.19. The number of alkyl halides is 3. The molecule has 2 N–H and O–H groups in total. The van der Waals surface area contributed by atoms with Crippen LogP contribution in [0, 0.1) is 18.3 Å². The Bertz CT molecular complexity index is 904. The van der Waals surface area contributed by atoms with E-state index in [1.165, 1.54) is 12.3 Å². The summed E-state index contributed by atoms with van der Waals surface area (Å²) in [5, 5.41) is 13.6. The van der Waals surface area contributed by atoms with Crippen molar-refractivity contribution in [2.24, 2.45) is 0 Å². The number of carbonyl (C=O) groups is 1. The number of anilines is 2. The van der Waals surface area contributed by atoms with E-state index in [9.17, 15) is 18.0 Å². The van der Waals surface area contributed by atoms with Gasteiger partial charge in [-0.1, -0.05) is 17.7 Å². The lowest BCUT2D eigenvalue weighted by Gasteiger charge is -2.11. The molecular weight excluding hydrogens is 369 g/mol. The number of pyridine rings is 1. The molecule has 1 aromatic heterocycles. The Balaban J connectivity index is 2.19. The van der Waals surface area contributed by atoms with Crippen molar-refractivity contribution in [1.82, 2.24) is 4.98 Å². The number of hydrogen-bond donors (Lipinski definition) is 2. The molecule has 2 aromatic rings. The number of rotatable bonds is 4. The lowest BCUT2D eigenvalue weighted by molar-refractivity contribution is -0.137. The van der Waals surface area contributed by atoms with Gasteiger partial charge in [0.1, 0.15) is 17.5 Å². The molecular formula is C17H12ClF3N4O. The van der Waals surface area contributed by atoms with Crippen molar-refractivity contribution in [2.45, 2.75) is 13.1 Å². The highest BCUT2D eigenvalue weighted by atomic mass is 35.5. The molecule has 1 heterocycles. The van der Waals surface area contributed by atoms with Crippen LogP contribution in [0.15, 0.2) is 48.3 Å². The minimum atomic E-state index is -4.66. The van der Waals surface area contributed by atoms with Crippen molar-refractivity contribution in [3.8, 4) is 6.07 Å². The maximum atomic E-state index is 12.9. The Labute approximate surface area is 152 Å². The summed E-state index contributed by atoms with van der Waals surface area (Å²) in [4.78, 5) is 16.2. The Hall–Kier alpha value is -3.05. The topological polar surface area (TPSA) is 77.8 Å². The lowest BCUT2D eigenvalue weighted by Crippen LogP contribution is -2.15. The van der Waals surface area contributed by atoms with Gasteiger partial charge in [0.25, 0.3) is 5.91 Å². The summed E-state index contributed by atoms with van der Waals surface area (Å²) in [5.74, 6) is -0.428. The number of nitrogens with zero attached hydrogens (tertiary/aromatic N) is 2. The number of nitriles is 1. The molecule has 0 unspecified atom stereocenters. The van der Waals surface area contributed by atoms with Crippen LogP contribution in [-0.4, -0.2) is 10.9 Å². The van der Waals surface area contributed by atoms with Crippen molar-refractivity contribution in [1.29, 1.82) is 5.26 Å². The minimum Gasteiger partial charge on any atom is -0.345 e. The molecule has 0 spiro atoms.